The molecule has 0 aliphatic rings. The van der Waals surface area contributed by atoms with Crippen LogP contribution in [-0.2, 0) is 11.8 Å². The third-order valence-corrected chi connectivity index (χ3v) is 13.1. The fourth-order valence-corrected chi connectivity index (χ4v) is 0. The standard InChI is InChI=1S/HIP2S2/c1-2-3(4)5/h2H/p+1. The van der Waals surface area contributed by atoms with E-state index in [0.717, 1.165) is 5.91 Å². The summed E-state index contributed by atoms with van der Waals surface area (Å²) in [7, 11) is 0. The van der Waals surface area contributed by atoms with Crippen molar-refractivity contribution in [3.63, 3.8) is 0 Å². The highest BCUT2D eigenvalue weighted by Crippen LogP contribution is 2.53. The minimum atomic E-state index is -0.306. The monoisotopic (exact) mass is 255 g/mol. The molecule has 0 aromatic carbocycles. The lowest BCUT2D eigenvalue weighted by atomic mass is 29.6. The van der Waals surface area contributed by atoms with E-state index in [9.17, 15) is 0 Å². The number of hydrogen-bond donors (Lipinski definition) is 1. The Balaban J connectivity index is 2.85. The fraction of sp³-hybridized carbons (Fsp3) is 0. The molecule has 0 amide bonds. The molecule has 0 nitrogen and oxygen atoms in total. The molecule has 0 aromatic heterocycles. The Hall–Kier alpha value is 2.03. The molecule has 5 heavy (non-hydrogen) atoms. The Morgan fingerprint density at radius 3 is 2.20 bits per heavy atom. The van der Waals surface area contributed by atoms with Gasteiger partial charge < -0.3 is 0 Å². The van der Waals surface area contributed by atoms with Crippen LogP contribution in [0.15, 0.2) is 0 Å². The van der Waals surface area contributed by atoms with Gasteiger partial charge in [0, 0.05) is 22.0 Å². The number of halogens is 1. The molecule has 0 fully saturated rings. The molecule has 0 saturated carbocycles. The first-order valence-corrected chi connectivity index (χ1v) is 9.26. The van der Waals surface area contributed by atoms with Crippen LogP contribution in [0.25, 0.3) is 0 Å². The number of thiol groups is 1. The van der Waals surface area contributed by atoms with Gasteiger partial charge in [-0.3, -0.25) is 0 Å². The molecule has 0 bridgehead atoms. The second-order valence-corrected chi connectivity index (χ2v) is 12.5. The average Bonchev–Trinajstić information content (AvgIpc) is 1.38. The zero-order valence-corrected chi connectivity index (χ0v) is 7.94. The molecule has 0 saturated heterocycles. The Bertz CT molecular complexity index is 42.9. The normalized spacial score (nSPS) is 13.6. The maximum Gasteiger partial charge on any atom is 0.267 e. The van der Waals surface area contributed by atoms with Crippen LogP contribution < -0.4 is 0 Å². The fourth-order valence-electron chi connectivity index (χ4n) is 0. The molecule has 0 N–H and O–H groups in total. The summed E-state index contributed by atoms with van der Waals surface area (Å²) >= 11 is 10.9. The molecule has 0 radical (unpaired) electrons. The van der Waals surface area contributed by atoms with E-state index in [1.807, 2.05) is 0 Å². The van der Waals surface area contributed by atoms with Crippen LogP contribution in [0, 0.1) is 0 Å². The Morgan fingerprint density at radius 1 is 2.00 bits per heavy atom. The zero-order valence-electron chi connectivity index (χ0n) is 2.18. The summed E-state index contributed by atoms with van der Waals surface area (Å²) in [4.78, 5) is 0. The van der Waals surface area contributed by atoms with Crippen molar-refractivity contribution in [2.45, 2.75) is 0 Å². The van der Waals surface area contributed by atoms with Gasteiger partial charge in [0.05, 0.1) is 12.2 Å². The van der Waals surface area contributed by atoms with E-state index in [0.29, 0.717) is 0 Å². The highest BCUT2D eigenvalue weighted by atomic mass is 127. The van der Waals surface area contributed by atoms with Gasteiger partial charge in [-0.05, 0) is 0 Å². The van der Waals surface area contributed by atoms with Crippen LogP contribution >= 0.6 is 45.8 Å². The molecule has 5 heteroatoms. The summed E-state index contributed by atoms with van der Waals surface area (Å²) < 4.78 is 0. The largest absolute Gasteiger partial charge is 0.267 e. The Labute approximate surface area is 57.2 Å². The first-order chi connectivity index (χ1) is 2.27. The molecule has 30 valence electrons. The summed E-state index contributed by atoms with van der Waals surface area (Å²) in [6.07, 6.45) is 0. The van der Waals surface area contributed by atoms with Crippen molar-refractivity contribution in [2.75, 3.05) is 0 Å². The highest BCUT2D eigenvalue weighted by Gasteiger charge is 1.92. The van der Waals surface area contributed by atoms with E-state index >= 15 is 0 Å². The first-order valence-electron chi connectivity index (χ1n) is 0.795. The molecule has 0 aliphatic heterocycles. The quantitative estimate of drug-likeness (QED) is 0.427. The van der Waals surface area contributed by atoms with Gasteiger partial charge in [-0.2, -0.15) is 0 Å². The summed E-state index contributed by atoms with van der Waals surface area (Å²) in [5, 5.41) is 0. The molecule has 2 atom stereocenters. The van der Waals surface area contributed by atoms with E-state index in [2.05, 4.69) is 34.3 Å². The van der Waals surface area contributed by atoms with Crippen LogP contribution in [0.2, 0.25) is 0 Å². The molecule has 0 rings (SSSR count). The van der Waals surface area contributed by atoms with E-state index in [1.54, 1.807) is 0 Å². The van der Waals surface area contributed by atoms with Gasteiger partial charge in [-0.1, -0.05) is 0 Å². The minimum absolute atomic E-state index is 0.306. The number of hydrogen-bond acceptors (Lipinski definition) is 1. The van der Waals surface area contributed by atoms with Crippen molar-refractivity contribution in [1.82, 2.24) is 0 Å². The molecular formula is H2IP2S2+. The maximum atomic E-state index is 4.71. The van der Waals surface area contributed by atoms with E-state index in [-0.39, 0.29) is 5.59 Å². The first kappa shape index (κ1) is 7.03. The third kappa shape index (κ3) is 6.03. The van der Waals surface area contributed by atoms with E-state index in [4.69, 9.17) is 11.8 Å². The topological polar surface area (TPSA) is 0 Å². The van der Waals surface area contributed by atoms with Gasteiger partial charge in [0.15, 0.2) is 17.7 Å². The van der Waals surface area contributed by atoms with Crippen LogP contribution in [0.1, 0.15) is 0 Å². The van der Waals surface area contributed by atoms with Crippen molar-refractivity contribution in [1.29, 1.82) is 0 Å². The summed E-state index contributed by atoms with van der Waals surface area (Å²) in [6.45, 7) is 0. The van der Waals surface area contributed by atoms with Crippen molar-refractivity contribution in [3.8, 4) is 0 Å². The van der Waals surface area contributed by atoms with E-state index < -0.39 is 0 Å². The van der Waals surface area contributed by atoms with Crippen molar-refractivity contribution in [3.05, 3.63) is 0 Å². The van der Waals surface area contributed by atoms with Crippen molar-refractivity contribution >= 4 is 57.6 Å². The van der Waals surface area contributed by atoms with Crippen LogP contribution in [0.5, 0.6) is 0 Å². The van der Waals surface area contributed by atoms with Gasteiger partial charge in [0.1, 0.15) is 0 Å². The third-order valence-electron chi connectivity index (χ3n) is 0.0723. The van der Waals surface area contributed by atoms with E-state index in [1.165, 1.54) is 0 Å². The Morgan fingerprint density at radius 2 is 2.20 bits per heavy atom. The van der Waals surface area contributed by atoms with Gasteiger partial charge in [0.2, 0.25) is 0 Å². The summed E-state index contributed by atoms with van der Waals surface area (Å²) in [5.41, 5.74) is -0.306. The average molecular weight is 255 g/mol. The van der Waals surface area contributed by atoms with Gasteiger partial charge in [-0.15, -0.1) is 0 Å². The van der Waals surface area contributed by atoms with Crippen molar-refractivity contribution < 1.29 is 0 Å². The molecular weight excluding hydrogens is 253 g/mol. The second-order valence-electron chi connectivity index (χ2n) is 0.357. The molecule has 2 unspecified atom stereocenters. The summed E-state index contributed by atoms with van der Waals surface area (Å²) in [6, 6.07) is 0. The predicted octanol–water partition coefficient (Wildman–Crippen LogP) is 2.72. The zero-order chi connectivity index (χ0) is 4.28. The second kappa shape index (κ2) is 4.20. The molecule has 0 aromatic rings. The van der Waals surface area contributed by atoms with Crippen molar-refractivity contribution in [2.24, 2.45) is 0 Å². The lowest BCUT2D eigenvalue weighted by molar-refractivity contribution is 5.45. The molecule has 0 spiro atoms. The predicted molar refractivity (Wildman–Crippen MR) is 45.6 cm³/mol. The van der Waals surface area contributed by atoms with Gasteiger partial charge in [-0.25, -0.2) is 0 Å². The molecule has 0 aliphatic carbocycles. The van der Waals surface area contributed by atoms with Crippen LogP contribution in [-0.4, -0.2) is 0 Å². The molecule has 0 heterocycles. The summed E-state index contributed by atoms with van der Waals surface area (Å²) in [5.74, 6) is 0.828. The van der Waals surface area contributed by atoms with Crippen LogP contribution in [0.3, 0.4) is 0 Å². The van der Waals surface area contributed by atoms with Gasteiger partial charge in [0.25, 0.3) is 5.59 Å². The lowest BCUT2D eigenvalue weighted by Gasteiger charge is -1.55. The van der Waals surface area contributed by atoms with Gasteiger partial charge >= 0.3 is 0 Å². The minimum Gasteiger partial charge on any atom is 0.00188 e. The number of rotatable bonds is 1. The highest BCUT2D eigenvalue weighted by molar-refractivity contribution is 14.2. The Kier molecular flexibility index (Phi) is 5.90. The lowest BCUT2D eigenvalue weighted by Crippen LogP contribution is -0.998. The maximum absolute atomic E-state index is 4.71. The smallest absolute Gasteiger partial charge is 0.00188 e. The van der Waals surface area contributed by atoms with Crippen LogP contribution in [0.4, 0.5) is 0 Å². The SMILES string of the molecule is S=[P+](S)PI.